The predicted molar refractivity (Wildman–Crippen MR) is 140 cm³/mol. The maximum Gasteiger partial charge on any atom is 0.322 e. The van der Waals surface area contributed by atoms with Gasteiger partial charge in [0, 0.05) is 24.2 Å². The van der Waals surface area contributed by atoms with Crippen LogP contribution < -0.4 is 15.4 Å². The lowest BCUT2D eigenvalue weighted by Gasteiger charge is -2.25. The zero-order valence-corrected chi connectivity index (χ0v) is 21.1. The number of nitrogens with zero attached hydrogens (tertiary/aromatic N) is 1. The molecule has 0 bridgehead atoms. The molecular formula is C28H31N3O4S. The first kappa shape index (κ1) is 24.5. The predicted octanol–water partition coefficient (Wildman–Crippen LogP) is 4.34. The second-order valence-corrected chi connectivity index (χ2v) is 11.5. The lowest BCUT2D eigenvalue weighted by Crippen LogP contribution is -2.41. The van der Waals surface area contributed by atoms with E-state index in [0.29, 0.717) is 6.54 Å². The van der Waals surface area contributed by atoms with Gasteiger partial charge in [0.05, 0.1) is 11.5 Å². The maximum atomic E-state index is 13.3. The first-order chi connectivity index (χ1) is 17.2. The van der Waals surface area contributed by atoms with Gasteiger partial charge in [-0.25, -0.2) is 18.4 Å². The van der Waals surface area contributed by atoms with E-state index in [1.807, 2.05) is 17.0 Å². The molecule has 5 rings (SSSR count). The van der Waals surface area contributed by atoms with Crippen LogP contribution in [0.5, 0.6) is 0 Å². The van der Waals surface area contributed by atoms with E-state index in [-0.39, 0.29) is 29.5 Å². The number of primary sulfonamides is 1. The number of hydrogen-bond donors (Lipinski definition) is 3. The minimum Gasteiger partial charge on any atom is -0.392 e. The molecule has 1 aliphatic heterocycles. The first-order valence-corrected chi connectivity index (χ1v) is 13.8. The van der Waals surface area contributed by atoms with Gasteiger partial charge in [0.25, 0.3) is 0 Å². The van der Waals surface area contributed by atoms with Crippen LogP contribution in [0, 0.1) is 6.92 Å². The largest absolute Gasteiger partial charge is 0.392 e. The van der Waals surface area contributed by atoms with E-state index in [2.05, 4.69) is 36.5 Å². The summed E-state index contributed by atoms with van der Waals surface area (Å²) in [5.41, 5.74) is 7.22. The quantitative estimate of drug-likeness (QED) is 0.479. The molecule has 2 aliphatic rings. The number of benzene rings is 3. The van der Waals surface area contributed by atoms with E-state index in [0.717, 1.165) is 59.2 Å². The summed E-state index contributed by atoms with van der Waals surface area (Å²) in [6.45, 7) is 3.03. The number of carbonyl (C=O) groups is 1. The molecule has 3 aromatic carbocycles. The van der Waals surface area contributed by atoms with Gasteiger partial charge in [-0.05, 0) is 77.4 Å². The molecule has 0 radical (unpaired) electrons. The number of aliphatic hydroxyl groups excluding tert-OH is 1. The van der Waals surface area contributed by atoms with Crippen LogP contribution in [0.3, 0.4) is 0 Å². The molecule has 1 spiro atoms. The van der Waals surface area contributed by atoms with Crippen LogP contribution in [-0.4, -0.2) is 26.1 Å². The summed E-state index contributed by atoms with van der Waals surface area (Å²) in [5.74, 6) is 0. The third-order valence-electron chi connectivity index (χ3n) is 7.61. The molecule has 0 unspecified atom stereocenters. The van der Waals surface area contributed by atoms with Gasteiger partial charge in [-0.15, -0.1) is 0 Å². The average Bonchev–Trinajstić information content (AvgIpc) is 3.47. The zero-order chi connectivity index (χ0) is 25.5. The molecule has 0 aromatic heterocycles. The Hall–Kier alpha value is -3.20. The van der Waals surface area contributed by atoms with E-state index in [4.69, 9.17) is 5.14 Å². The number of hydrogen-bond acceptors (Lipinski definition) is 4. The van der Waals surface area contributed by atoms with Crippen LogP contribution in [-0.2, 0) is 28.6 Å². The summed E-state index contributed by atoms with van der Waals surface area (Å²) in [5, 5.41) is 17.6. The second kappa shape index (κ2) is 9.35. The fraction of sp³-hybridized carbons (Fsp3) is 0.321. The van der Waals surface area contributed by atoms with Crippen molar-refractivity contribution in [2.24, 2.45) is 5.14 Å². The van der Waals surface area contributed by atoms with Crippen LogP contribution in [0.4, 0.5) is 10.5 Å². The van der Waals surface area contributed by atoms with Crippen LogP contribution >= 0.6 is 0 Å². The molecule has 8 heteroatoms. The number of fused-ring (bicyclic) bond motifs is 2. The molecule has 0 saturated heterocycles. The summed E-state index contributed by atoms with van der Waals surface area (Å²) in [4.78, 5) is 15.2. The van der Waals surface area contributed by atoms with Gasteiger partial charge in [-0.2, -0.15) is 0 Å². The second-order valence-electron chi connectivity index (χ2n) is 9.96. The Morgan fingerprint density at radius 3 is 2.36 bits per heavy atom. The smallest absolute Gasteiger partial charge is 0.322 e. The zero-order valence-electron chi connectivity index (χ0n) is 20.3. The van der Waals surface area contributed by atoms with E-state index in [1.54, 1.807) is 12.1 Å². The number of nitrogens with two attached hydrogens (primary N) is 1. The SMILES string of the molecule is Cc1cc(CO)ccc1-c1ccc2c(c1)C1(CCCC1)CN2C(=O)NCc1ccc(S(N)(=O)=O)cc1. The van der Waals surface area contributed by atoms with Crippen LogP contribution in [0.1, 0.15) is 47.9 Å². The number of carbonyl (C=O) groups excluding carboxylic acids is 1. The highest BCUT2D eigenvalue weighted by molar-refractivity contribution is 7.89. The van der Waals surface area contributed by atoms with E-state index >= 15 is 0 Å². The number of aryl methyl sites for hydroxylation is 1. The normalized spacial score (nSPS) is 16.4. The highest BCUT2D eigenvalue weighted by Gasteiger charge is 2.46. The molecule has 2 amide bonds. The first-order valence-electron chi connectivity index (χ1n) is 12.2. The highest BCUT2D eigenvalue weighted by Crippen LogP contribution is 2.51. The molecule has 1 aliphatic carbocycles. The average molecular weight is 506 g/mol. The summed E-state index contributed by atoms with van der Waals surface area (Å²) in [7, 11) is -3.75. The standard InChI is InChI=1S/C28H31N3O4S/c1-19-14-21(17-32)6-10-24(19)22-7-11-26-25(15-22)28(12-2-3-13-28)18-31(26)27(33)30-16-20-4-8-23(9-5-20)36(29,34)35/h4-11,14-15,32H,2-3,12-13,16-18H2,1H3,(H,30,33)(H2,29,34,35). The molecule has 36 heavy (non-hydrogen) atoms. The van der Waals surface area contributed by atoms with Crippen LogP contribution in [0.2, 0.25) is 0 Å². The van der Waals surface area contributed by atoms with Crippen molar-refractivity contribution >= 4 is 21.7 Å². The Labute approximate surface area is 212 Å². The molecular weight excluding hydrogens is 474 g/mol. The third kappa shape index (κ3) is 4.52. The molecule has 0 atom stereocenters. The summed E-state index contributed by atoms with van der Waals surface area (Å²) in [6, 6.07) is 18.5. The topological polar surface area (TPSA) is 113 Å². The van der Waals surface area contributed by atoms with Gasteiger partial charge in [-0.1, -0.05) is 49.2 Å². The highest BCUT2D eigenvalue weighted by atomic mass is 32.2. The lowest BCUT2D eigenvalue weighted by atomic mass is 9.79. The third-order valence-corrected chi connectivity index (χ3v) is 8.53. The number of anilines is 1. The van der Waals surface area contributed by atoms with Crippen molar-refractivity contribution in [3.8, 4) is 11.1 Å². The molecule has 1 fully saturated rings. The minimum atomic E-state index is -3.75. The number of sulfonamides is 1. The summed E-state index contributed by atoms with van der Waals surface area (Å²) >= 11 is 0. The number of amides is 2. The molecule has 1 heterocycles. The Balaban J connectivity index is 1.40. The summed E-state index contributed by atoms with van der Waals surface area (Å²) in [6.07, 6.45) is 4.43. The van der Waals surface area contributed by atoms with Crippen molar-refractivity contribution < 1.29 is 18.3 Å². The van der Waals surface area contributed by atoms with Gasteiger partial charge < -0.3 is 10.4 Å². The van der Waals surface area contributed by atoms with E-state index in [9.17, 15) is 18.3 Å². The maximum absolute atomic E-state index is 13.3. The Morgan fingerprint density at radius 1 is 1.03 bits per heavy atom. The minimum absolute atomic E-state index is 0.0226. The molecule has 4 N–H and O–H groups in total. The van der Waals surface area contributed by atoms with Crippen molar-refractivity contribution in [2.75, 3.05) is 11.4 Å². The fourth-order valence-corrected chi connectivity index (χ4v) is 6.23. The van der Waals surface area contributed by atoms with Gasteiger partial charge in [0.1, 0.15) is 0 Å². The monoisotopic (exact) mass is 505 g/mol. The van der Waals surface area contributed by atoms with Crippen molar-refractivity contribution in [1.29, 1.82) is 0 Å². The molecule has 1 saturated carbocycles. The van der Waals surface area contributed by atoms with Crippen molar-refractivity contribution in [3.63, 3.8) is 0 Å². The van der Waals surface area contributed by atoms with Crippen LogP contribution in [0.15, 0.2) is 65.6 Å². The van der Waals surface area contributed by atoms with Crippen molar-refractivity contribution in [2.45, 2.75) is 56.1 Å². The van der Waals surface area contributed by atoms with E-state index in [1.165, 1.54) is 17.7 Å². The summed E-state index contributed by atoms with van der Waals surface area (Å²) < 4.78 is 23.0. The number of nitrogens with one attached hydrogen (secondary N) is 1. The van der Waals surface area contributed by atoms with Crippen molar-refractivity contribution in [3.05, 3.63) is 82.9 Å². The van der Waals surface area contributed by atoms with E-state index < -0.39 is 10.0 Å². The number of rotatable bonds is 5. The molecule has 3 aromatic rings. The van der Waals surface area contributed by atoms with Gasteiger partial charge >= 0.3 is 6.03 Å². The number of aliphatic hydroxyl groups is 1. The van der Waals surface area contributed by atoms with Gasteiger partial charge in [0.2, 0.25) is 10.0 Å². The van der Waals surface area contributed by atoms with Crippen LogP contribution in [0.25, 0.3) is 11.1 Å². The number of urea groups is 1. The molecule has 7 nitrogen and oxygen atoms in total. The Kier molecular flexibility index (Phi) is 6.36. The van der Waals surface area contributed by atoms with Crippen molar-refractivity contribution in [1.82, 2.24) is 5.32 Å². The molecule has 188 valence electrons. The Bertz CT molecular complexity index is 1410. The van der Waals surface area contributed by atoms with Gasteiger partial charge in [-0.3, -0.25) is 4.90 Å². The lowest BCUT2D eigenvalue weighted by molar-refractivity contribution is 0.245. The fourth-order valence-electron chi connectivity index (χ4n) is 5.72. The Morgan fingerprint density at radius 2 is 1.72 bits per heavy atom. The van der Waals surface area contributed by atoms with Gasteiger partial charge in [0.15, 0.2) is 0 Å².